The van der Waals surface area contributed by atoms with E-state index in [-0.39, 0.29) is 30.5 Å². The molecule has 1 aliphatic carbocycles. The molecule has 22 heavy (non-hydrogen) atoms. The van der Waals surface area contributed by atoms with Crippen molar-refractivity contribution in [1.29, 1.82) is 0 Å². The summed E-state index contributed by atoms with van der Waals surface area (Å²) in [6.45, 7) is 8.61. The number of nitrogens with one attached hydrogen (secondary N) is 1. The molecule has 0 bridgehead atoms. The van der Waals surface area contributed by atoms with Gasteiger partial charge in [-0.25, -0.2) is 0 Å². The number of carbonyl (C=O) groups is 1. The van der Waals surface area contributed by atoms with Crippen LogP contribution in [0.3, 0.4) is 0 Å². The maximum Gasteiger partial charge on any atom is 0.223 e. The number of aliphatic hydroxyl groups is 1. The van der Waals surface area contributed by atoms with Crippen molar-refractivity contribution in [3.05, 3.63) is 0 Å². The number of aliphatic hydroxyl groups excluding tert-OH is 1. The largest absolute Gasteiger partial charge is 0.394 e. The molecule has 2 aliphatic rings. The van der Waals surface area contributed by atoms with E-state index in [1.807, 2.05) is 0 Å². The van der Waals surface area contributed by atoms with E-state index in [9.17, 15) is 4.79 Å². The van der Waals surface area contributed by atoms with E-state index >= 15 is 0 Å². The molecular formula is C17H31NO4. The van der Waals surface area contributed by atoms with Gasteiger partial charge in [0.25, 0.3) is 0 Å². The van der Waals surface area contributed by atoms with Gasteiger partial charge in [-0.15, -0.1) is 0 Å². The second kappa shape index (κ2) is 7.28. The lowest BCUT2D eigenvalue weighted by Gasteiger charge is -2.38. The first-order valence-corrected chi connectivity index (χ1v) is 8.46. The lowest BCUT2D eigenvalue weighted by molar-refractivity contribution is -0.130. The van der Waals surface area contributed by atoms with Gasteiger partial charge in [0.05, 0.1) is 19.8 Å². The van der Waals surface area contributed by atoms with E-state index in [4.69, 9.17) is 14.6 Å². The average Bonchev–Trinajstić information content (AvgIpc) is 2.90. The van der Waals surface area contributed by atoms with Gasteiger partial charge < -0.3 is 19.9 Å². The third kappa shape index (κ3) is 4.67. The second-order valence-corrected chi connectivity index (χ2v) is 7.89. The van der Waals surface area contributed by atoms with Gasteiger partial charge in [0, 0.05) is 25.5 Å². The zero-order valence-electron chi connectivity index (χ0n) is 14.2. The Morgan fingerprint density at radius 3 is 2.77 bits per heavy atom. The van der Waals surface area contributed by atoms with Gasteiger partial charge in [0.15, 0.2) is 0 Å². The van der Waals surface area contributed by atoms with Gasteiger partial charge in [-0.3, -0.25) is 4.79 Å². The number of rotatable bonds is 6. The predicted molar refractivity (Wildman–Crippen MR) is 84.5 cm³/mol. The van der Waals surface area contributed by atoms with Crippen molar-refractivity contribution < 1.29 is 19.4 Å². The number of amides is 1. The third-order valence-corrected chi connectivity index (χ3v) is 4.91. The molecule has 1 amide bonds. The molecule has 0 aromatic rings. The summed E-state index contributed by atoms with van der Waals surface area (Å²) in [4.78, 5) is 12.5. The molecule has 5 heteroatoms. The maximum atomic E-state index is 12.5. The van der Waals surface area contributed by atoms with Gasteiger partial charge in [0.2, 0.25) is 5.91 Å². The highest BCUT2D eigenvalue weighted by molar-refractivity contribution is 5.78. The lowest BCUT2D eigenvalue weighted by Crippen LogP contribution is -2.48. The Bertz CT molecular complexity index is 377. The van der Waals surface area contributed by atoms with Crippen molar-refractivity contribution in [3.8, 4) is 0 Å². The molecule has 1 heterocycles. The molecule has 128 valence electrons. The van der Waals surface area contributed by atoms with Crippen LogP contribution in [0.2, 0.25) is 0 Å². The normalized spacial score (nSPS) is 34.5. The van der Waals surface area contributed by atoms with Crippen LogP contribution in [-0.2, 0) is 14.3 Å². The highest BCUT2D eigenvalue weighted by atomic mass is 16.6. The number of hydrogen-bond donors (Lipinski definition) is 2. The minimum Gasteiger partial charge on any atom is -0.394 e. The van der Waals surface area contributed by atoms with Crippen LogP contribution < -0.4 is 5.32 Å². The fraction of sp³-hybridized carbons (Fsp3) is 0.941. The molecule has 0 spiro atoms. The summed E-state index contributed by atoms with van der Waals surface area (Å²) in [7, 11) is 0. The number of hydrogen-bond acceptors (Lipinski definition) is 4. The van der Waals surface area contributed by atoms with Crippen LogP contribution in [-0.4, -0.2) is 49.6 Å². The van der Waals surface area contributed by atoms with Gasteiger partial charge in [-0.05, 0) is 30.6 Å². The van der Waals surface area contributed by atoms with Crippen LogP contribution in [0.25, 0.3) is 0 Å². The molecule has 0 radical (unpaired) electrons. The summed E-state index contributed by atoms with van der Waals surface area (Å²) >= 11 is 0. The zero-order chi connectivity index (χ0) is 16.2. The minimum atomic E-state index is -0.464. The SMILES string of the molecule is CC1CC(C(=O)NCC2(OCCO)CCOC2)CC(C)(C)C1. The summed E-state index contributed by atoms with van der Waals surface area (Å²) in [6, 6.07) is 0. The molecule has 1 aliphatic heterocycles. The fourth-order valence-corrected chi connectivity index (χ4v) is 4.09. The predicted octanol–water partition coefficient (Wildman–Crippen LogP) is 1.73. The molecule has 0 aromatic heterocycles. The van der Waals surface area contributed by atoms with Crippen LogP contribution in [0, 0.1) is 17.3 Å². The third-order valence-electron chi connectivity index (χ3n) is 4.91. The van der Waals surface area contributed by atoms with E-state index in [0.717, 1.165) is 19.3 Å². The molecule has 3 atom stereocenters. The first kappa shape index (κ1) is 17.7. The topological polar surface area (TPSA) is 67.8 Å². The molecule has 1 saturated heterocycles. The lowest BCUT2D eigenvalue weighted by atomic mass is 9.68. The number of ether oxygens (including phenoxy) is 2. The van der Waals surface area contributed by atoms with Crippen LogP contribution in [0.5, 0.6) is 0 Å². The summed E-state index contributed by atoms with van der Waals surface area (Å²) < 4.78 is 11.2. The van der Waals surface area contributed by atoms with Gasteiger partial charge in [-0.1, -0.05) is 20.8 Å². The van der Waals surface area contributed by atoms with Gasteiger partial charge in [0.1, 0.15) is 5.60 Å². The van der Waals surface area contributed by atoms with Crippen LogP contribution >= 0.6 is 0 Å². The monoisotopic (exact) mass is 313 g/mol. The Balaban J connectivity index is 1.88. The Morgan fingerprint density at radius 1 is 1.41 bits per heavy atom. The molecule has 5 nitrogen and oxygen atoms in total. The first-order chi connectivity index (χ1) is 10.4. The molecule has 0 aromatic carbocycles. The highest BCUT2D eigenvalue weighted by Gasteiger charge is 2.39. The van der Waals surface area contributed by atoms with E-state index in [2.05, 4.69) is 26.1 Å². The van der Waals surface area contributed by atoms with E-state index in [1.54, 1.807) is 0 Å². The summed E-state index contributed by atoms with van der Waals surface area (Å²) in [5.41, 5.74) is -0.227. The standard InChI is InChI=1S/C17H31NO4/c1-13-8-14(10-16(2,3)9-13)15(20)18-11-17(22-7-5-19)4-6-21-12-17/h13-14,19H,4-12H2,1-3H3,(H,18,20). The molecule has 2 fully saturated rings. The molecule has 2 rings (SSSR count). The molecule has 3 unspecified atom stereocenters. The van der Waals surface area contributed by atoms with Crippen LogP contribution in [0.4, 0.5) is 0 Å². The Kier molecular flexibility index (Phi) is 5.86. The van der Waals surface area contributed by atoms with Crippen LogP contribution in [0.15, 0.2) is 0 Å². The zero-order valence-corrected chi connectivity index (χ0v) is 14.2. The second-order valence-electron chi connectivity index (χ2n) is 7.89. The quantitative estimate of drug-likeness (QED) is 0.784. The minimum absolute atomic E-state index is 0.00990. The Hall–Kier alpha value is -0.650. The first-order valence-electron chi connectivity index (χ1n) is 8.46. The van der Waals surface area contributed by atoms with E-state index in [1.165, 1.54) is 6.42 Å². The van der Waals surface area contributed by atoms with Crippen LogP contribution in [0.1, 0.15) is 46.5 Å². The van der Waals surface area contributed by atoms with Crippen molar-refractivity contribution in [3.63, 3.8) is 0 Å². The summed E-state index contributed by atoms with van der Waals surface area (Å²) in [6.07, 6.45) is 3.87. The summed E-state index contributed by atoms with van der Waals surface area (Å²) in [5, 5.41) is 12.0. The number of carbonyl (C=O) groups excluding carboxylic acids is 1. The van der Waals surface area contributed by atoms with Crippen molar-refractivity contribution in [2.24, 2.45) is 17.3 Å². The Labute approximate surface area is 133 Å². The molecule has 1 saturated carbocycles. The van der Waals surface area contributed by atoms with E-state index in [0.29, 0.717) is 25.7 Å². The van der Waals surface area contributed by atoms with E-state index < -0.39 is 5.60 Å². The van der Waals surface area contributed by atoms with Crippen molar-refractivity contribution in [2.45, 2.75) is 52.1 Å². The van der Waals surface area contributed by atoms with Gasteiger partial charge in [-0.2, -0.15) is 0 Å². The van der Waals surface area contributed by atoms with Crippen molar-refractivity contribution in [1.82, 2.24) is 5.32 Å². The maximum absolute atomic E-state index is 12.5. The fourth-order valence-electron chi connectivity index (χ4n) is 4.09. The smallest absolute Gasteiger partial charge is 0.223 e. The highest BCUT2D eigenvalue weighted by Crippen LogP contribution is 2.41. The Morgan fingerprint density at radius 2 is 2.18 bits per heavy atom. The molecule has 2 N–H and O–H groups in total. The summed E-state index contributed by atoms with van der Waals surface area (Å²) in [5.74, 6) is 0.823. The van der Waals surface area contributed by atoms with Crippen molar-refractivity contribution in [2.75, 3.05) is 33.0 Å². The molecular weight excluding hydrogens is 282 g/mol. The van der Waals surface area contributed by atoms with Crippen molar-refractivity contribution >= 4 is 5.91 Å². The average molecular weight is 313 g/mol. The van der Waals surface area contributed by atoms with Gasteiger partial charge >= 0.3 is 0 Å².